The summed E-state index contributed by atoms with van der Waals surface area (Å²) >= 11 is 0. The van der Waals surface area contributed by atoms with E-state index in [0.717, 1.165) is 12.8 Å². The number of allylic oxidation sites excluding steroid dienone is 2. The predicted molar refractivity (Wildman–Crippen MR) is 35.2 cm³/mol. The van der Waals surface area contributed by atoms with Crippen molar-refractivity contribution in [1.29, 1.82) is 0 Å². The standard InChI is InChI=1S/C7H8O3/c8-7(10-9)6-4-2-1-3-5-6/h2,4-5,9H,1,3H2. The highest BCUT2D eigenvalue weighted by atomic mass is 17.1. The predicted octanol–water partition coefficient (Wildman–Crippen LogP) is 1.28. The molecule has 0 unspecified atom stereocenters. The van der Waals surface area contributed by atoms with Gasteiger partial charge in [0, 0.05) is 0 Å². The number of hydrogen-bond acceptors (Lipinski definition) is 3. The second kappa shape index (κ2) is 3.17. The molecule has 0 radical (unpaired) electrons. The highest BCUT2D eigenvalue weighted by molar-refractivity contribution is 5.91. The van der Waals surface area contributed by atoms with E-state index in [1.165, 1.54) is 0 Å². The van der Waals surface area contributed by atoms with Crippen molar-refractivity contribution in [2.75, 3.05) is 0 Å². The van der Waals surface area contributed by atoms with Crippen LogP contribution in [0.2, 0.25) is 0 Å². The first-order valence-corrected chi connectivity index (χ1v) is 3.07. The average molecular weight is 140 g/mol. The molecule has 0 saturated heterocycles. The highest BCUT2D eigenvalue weighted by Crippen LogP contribution is 2.09. The van der Waals surface area contributed by atoms with Crippen LogP contribution in [0.15, 0.2) is 23.8 Å². The largest absolute Gasteiger partial charge is 0.372 e. The average Bonchev–Trinajstić information content (AvgIpc) is 2.05. The summed E-state index contributed by atoms with van der Waals surface area (Å²) in [6.07, 6.45) is 7.02. The lowest BCUT2D eigenvalue weighted by Crippen LogP contribution is -2.04. The Morgan fingerprint density at radius 2 is 2.40 bits per heavy atom. The maximum atomic E-state index is 10.6. The van der Waals surface area contributed by atoms with Crippen molar-refractivity contribution in [2.45, 2.75) is 12.8 Å². The van der Waals surface area contributed by atoms with E-state index in [-0.39, 0.29) is 0 Å². The summed E-state index contributed by atoms with van der Waals surface area (Å²) in [5.74, 6) is -0.684. The van der Waals surface area contributed by atoms with Crippen molar-refractivity contribution in [1.82, 2.24) is 0 Å². The van der Waals surface area contributed by atoms with E-state index in [1.54, 1.807) is 12.2 Å². The minimum absolute atomic E-state index is 0.425. The second-order valence-corrected chi connectivity index (χ2v) is 2.02. The zero-order chi connectivity index (χ0) is 7.40. The van der Waals surface area contributed by atoms with Crippen LogP contribution in [0, 0.1) is 0 Å². The van der Waals surface area contributed by atoms with E-state index in [0.29, 0.717) is 5.57 Å². The first-order valence-electron chi connectivity index (χ1n) is 3.07. The van der Waals surface area contributed by atoms with Crippen molar-refractivity contribution < 1.29 is 14.9 Å². The molecule has 10 heavy (non-hydrogen) atoms. The van der Waals surface area contributed by atoms with E-state index in [1.807, 2.05) is 6.08 Å². The minimum Gasteiger partial charge on any atom is -0.296 e. The maximum absolute atomic E-state index is 10.6. The van der Waals surface area contributed by atoms with E-state index < -0.39 is 5.97 Å². The molecule has 0 heterocycles. The number of carbonyl (C=O) groups excluding carboxylic acids is 1. The Morgan fingerprint density at radius 3 is 2.90 bits per heavy atom. The zero-order valence-corrected chi connectivity index (χ0v) is 5.41. The Bertz CT molecular complexity index is 191. The highest BCUT2D eigenvalue weighted by Gasteiger charge is 2.08. The van der Waals surface area contributed by atoms with Crippen LogP contribution in [0.25, 0.3) is 0 Å². The van der Waals surface area contributed by atoms with Crippen molar-refractivity contribution in [2.24, 2.45) is 0 Å². The van der Waals surface area contributed by atoms with Crippen molar-refractivity contribution in [3.05, 3.63) is 23.8 Å². The molecule has 0 aromatic rings. The molecule has 3 nitrogen and oxygen atoms in total. The van der Waals surface area contributed by atoms with Gasteiger partial charge in [0.05, 0.1) is 5.57 Å². The normalized spacial score (nSPS) is 16.3. The SMILES string of the molecule is O=C(OO)C1=CCCC=C1. The van der Waals surface area contributed by atoms with Gasteiger partial charge in [0.1, 0.15) is 0 Å². The van der Waals surface area contributed by atoms with Gasteiger partial charge in [0.2, 0.25) is 0 Å². The van der Waals surface area contributed by atoms with Gasteiger partial charge < -0.3 is 0 Å². The summed E-state index contributed by atoms with van der Waals surface area (Å²) in [7, 11) is 0. The molecule has 0 fully saturated rings. The van der Waals surface area contributed by atoms with E-state index in [2.05, 4.69) is 4.89 Å². The quantitative estimate of drug-likeness (QED) is 0.440. The maximum Gasteiger partial charge on any atom is 0.372 e. The molecule has 0 atom stereocenters. The lowest BCUT2D eigenvalue weighted by atomic mass is 10.1. The first-order chi connectivity index (χ1) is 4.84. The monoisotopic (exact) mass is 140 g/mol. The number of hydrogen-bond donors (Lipinski definition) is 1. The second-order valence-electron chi connectivity index (χ2n) is 2.02. The van der Waals surface area contributed by atoms with Crippen LogP contribution < -0.4 is 0 Å². The molecule has 1 N–H and O–H groups in total. The van der Waals surface area contributed by atoms with Gasteiger partial charge in [-0.15, -0.1) is 0 Å². The van der Waals surface area contributed by atoms with Crippen LogP contribution in [0.5, 0.6) is 0 Å². The molecular weight excluding hydrogens is 132 g/mol. The van der Waals surface area contributed by atoms with E-state index in [4.69, 9.17) is 5.26 Å². The molecule has 0 saturated carbocycles. The molecule has 1 rings (SSSR count). The Morgan fingerprint density at radius 1 is 1.60 bits per heavy atom. The molecule has 1 aliphatic carbocycles. The number of rotatable bonds is 1. The van der Waals surface area contributed by atoms with Gasteiger partial charge in [-0.2, -0.15) is 5.26 Å². The fraction of sp³-hybridized carbons (Fsp3) is 0.286. The summed E-state index contributed by atoms with van der Waals surface area (Å²) in [6, 6.07) is 0. The van der Waals surface area contributed by atoms with Crippen LogP contribution in [0.3, 0.4) is 0 Å². The van der Waals surface area contributed by atoms with Gasteiger partial charge in [-0.05, 0) is 12.8 Å². The van der Waals surface area contributed by atoms with Crippen LogP contribution in [0.4, 0.5) is 0 Å². The number of carbonyl (C=O) groups is 1. The molecule has 0 spiro atoms. The summed E-state index contributed by atoms with van der Waals surface area (Å²) in [4.78, 5) is 14.1. The topological polar surface area (TPSA) is 46.5 Å². The van der Waals surface area contributed by atoms with Crippen molar-refractivity contribution >= 4 is 5.97 Å². The van der Waals surface area contributed by atoms with Gasteiger partial charge >= 0.3 is 5.97 Å². The molecule has 0 aromatic heterocycles. The van der Waals surface area contributed by atoms with Crippen LogP contribution in [-0.2, 0) is 9.68 Å². The van der Waals surface area contributed by atoms with E-state index in [9.17, 15) is 4.79 Å². The lowest BCUT2D eigenvalue weighted by Gasteiger charge is -2.01. The smallest absolute Gasteiger partial charge is 0.296 e. The summed E-state index contributed by atoms with van der Waals surface area (Å²) in [6.45, 7) is 0. The van der Waals surface area contributed by atoms with Crippen molar-refractivity contribution in [3.8, 4) is 0 Å². The first kappa shape index (κ1) is 7.02. The molecule has 3 heteroatoms. The van der Waals surface area contributed by atoms with Gasteiger partial charge in [-0.3, -0.25) is 4.89 Å². The third-order valence-electron chi connectivity index (χ3n) is 1.31. The molecule has 54 valence electrons. The van der Waals surface area contributed by atoms with Gasteiger partial charge in [0.25, 0.3) is 0 Å². The summed E-state index contributed by atoms with van der Waals surface area (Å²) < 4.78 is 0. The lowest BCUT2D eigenvalue weighted by molar-refractivity contribution is -0.229. The minimum atomic E-state index is -0.684. The van der Waals surface area contributed by atoms with Gasteiger partial charge in [-0.25, -0.2) is 4.79 Å². The fourth-order valence-corrected chi connectivity index (χ4v) is 0.817. The van der Waals surface area contributed by atoms with Crippen LogP contribution in [-0.4, -0.2) is 11.2 Å². The molecular formula is C7H8O3. The third-order valence-corrected chi connectivity index (χ3v) is 1.31. The zero-order valence-electron chi connectivity index (χ0n) is 5.41. The Kier molecular flexibility index (Phi) is 2.23. The molecule has 0 aliphatic heterocycles. The van der Waals surface area contributed by atoms with Gasteiger partial charge in [0.15, 0.2) is 0 Å². The van der Waals surface area contributed by atoms with Crippen molar-refractivity contribution in [3.63, 3.8) is 0 Å². The Balaban J connectivity index is 2.63. The fourth-order valence-electron chi connectivity index (χ4n) is 0.817. The summed E-state index contributed by atoms with van der Waals surface area (Å²) in [5, 5.41) is 7.96. The molecule has 0 amide bonds. The Labute approximate surface area is 58.5 Å². The molecule has 0 bridgehead atoms. The van der Waals surface area contributed by atoms with Gasteiger partial charge in [-0.1, -0.05) is 18.2 Å². The van der Waals surface area contributed by atoms with Crippen LogP contribution >= 0.6 is 0 Å². The molecule has 0 aromatic carbocycles. The molecule has 1 aliphatic rings. The summed E-state index contributed by atoms with van der Waals surface area (Å²) in [5.41, 5.74) is 0.425. The Hall–Kier alpha value is -1.09. The van der Waals surface area contributed by atoms with E-state index >= 15 is 0 Å². The third kappa shape index (κ3) is 1.45. The van der Waals surface area contributed by atoms with Crippen LogP contribution in [0.1, 0.15) is 12.8 Å².